The van der Waals surface area contributed by atoms with Crippen LogP contribution in [-0.4, -0.2) is 34.6 Å². The van der Waals surface area contributed by atoms with E-state index < -0.39 is 5.97 Å². The van der Waals surface area contributed by atoms with Crippen LogP contribution in [0.15, 0.2) is 42.6 Å². The molecule has 0 unspecified atom stereocenters. The molecule has 1 fully saturated rings. The molecule has 25 heavy (non-hydrogen) atoms. The fraction of sp³-hybridized carbons (Fsp3) is 0.316. The largest absolute Gasteiger partial charge is 0.478 e. The number of carboxylic acids is 1. The number of aromatic nitrogens is 1. The van der Waals surface area contributed by atoms with Crippen LogP contribution in [0.4, 0.5) is 0 Å². The highest BCUT2D eigenvalue weighted by molar-refractivity contribution is 5.94. The lowest BCUT2D eigenvalue weighted by Gasteiger charge is -2.25. The first kappa shape index (κ1) is 17.0. The highest BCUT2D eigenvalue weighted by atomic mass is 16.5. The van der Waals surface area contributed by atoms with Gasteiger partial charge < -0.3 is 15.2 Å². The Labute approximate surface area is 145 Å². The number of carbonyl (C=O) groups is 2. The van der Waals surface area contributed by atoms with Gasteiger partial charge in [0.05, 0.1) is 5.56 Å². The Balaban J connectivity index is 1.50. The van der Waals surface area contributed by atoms with Crippen molar-refractivity contribution < 1.29 is 19.4 Å². The number of carbonyl (C=O) groups excluding carboxylic acids is 1. The summed E-state index contributed by atoms with van der Waals surface area (Å²) in [5.41, 5.74) is 1.74. The van der Waals surface area contributed by atoms with E-state index in [2.05, 4.69) is 10.3 Å². The molecule has 0 radical (unpaired) electrons. The number of nitrogens with zero attached hydrogens (tertiary/aromatic N) is 1. The molecule has 1 amide bonds. The van der Waals surface area contributed by atoms with Gasteiger partial charge in [-0.2, -0.15) is 0 Å². The maximum absolute atomic E-state index is 12.2. The van der Waals surface area contributed by atoms with Gasteiger partial charge in [-0.3, -0.25) is 4.79 Å². The van der Waals surface area contributed by atoms with Crippen LogP contribution < -0.4 is 10.1 Å². The Morgan fingerprint density at radius 2 is 1.92 bits per heavy atom. The second-order valence-electron chi connectivity index (χ2n) is 6.06. The summed E-state index contributed by atoms with van der Waals surface area (Å²) in [4.78, 5) is 27.2. The molecule has 2 N–H and O–H groups in total. The molecule has 0 aliphatic heterocycles. The Morgan fingerprint density at radius 3 is 2.56 bits per heavy atom. The molecule has 2 aromatic rings. The van der Waals surface area contributed by atoms with Crippen molar-refractivity contribution in [1.29, 1.82) is 0 Å². The molecule has 130 valence electrons. The molecule has 0 bridgehead atoms. The van der Waals surface area contributed by atoms with Crippen LogP contribution in [0.1, 0.15) is 45.5 Å². The minimum absolute atomic E-state index is 0.178. The highest BCUT2D eigenvalue weighted by Gasteiger charge is 2.20. The number of amides is 1. The summed E-state index contributed by atoms with van der Waals surface area (Å²) >= 11 is 0. The molecule has 6 nitrogen and oxygen atoms in total. The SMILES string of the molecule is O=C(O)c1ccc(CCNC(=O)c2ccnc(OC3CCC3)c2)cc1. The van der Waals surface area contributed by atoms with Crippen LogP contribution in [0.25, 0.3) is 0 Å². The number of ether oxygens (including phenoxy) is 1. The summed E-state index contributed by atoms with van der Waals surface area (Å²) in [6.45, 7) is 0.465. The predicted molar refractivity (Wildman–Crippen MR) is 91.9 cm³/mol. The van der Waals surface area contributed by atoms with Crippen molar-refractivity contribution in [3.63, 3.8) is 0 Å². The third-order valence-corrected chi connectivity index (χ3v) is 4.24. The summed E-state index contributed by atoms with van der Waals surface area (Å²) in [6, 6.07) is 9.96. The van der Waals surface area contributed by atoms with E-state index in [1.807, 2.05) is 0 Å². The first-order chi connectivity index (χ1) is 12.1. The molecular weight excluding hydrogens is 320 g/mol. The van der Waals surface area contributed by atoms with Crippen LogP contribution in [0.3, 0.4) is 0 Å². The van der Waals surface area contributed by atoms with Crippen molar-refractivity contribution in [2.75, 3.05) is 6.54 Å². The van der Waals surface area contributed by atoms with E-state index in [0.29, 0.717) is 24.4 Å². The normalized spacial score (nSPS) is 13.8. The first-order valence-electron chi connectivity index (χ1n) is 8.35. The van der Waals surface area contributed by atoms with Crippen molar-refractivity contribution in [3.05, 3.63) is 59.3 Å². The summed E-state index contributed by atoms with van der Waals surface area (Å²) in [5.74, 6) is -0.637. The van der Waals surface area contributed by atoms with Gasteiger partial charge in [0.1, 0.15) is 6.10 Å². The van der Waals surface area contributed by atoms with Gasteiger partial charge in [0.25, 0.3) is 5.91 Å². The van der Waals surface area contributed by atoms with Crippen LogP contribution >= 0.6 is 0 Å². The number of hydrogen-bond acceptors (Lipinski definition) is 4. The van der Waals surface area contributed by atoms with Crippen molar-refractivity contribution in [3.8, 4) is 5.88 Å². The fourth-order valence-electron chi connectivity index (χ4n) is 2.51. The second kappa shape index (κ2) is 7.79. The molecule has 3 rings (SSSR count). The third kappa shape index (κ3) is 4.56. The quantitative estimate of drug-likeness (QED) is 0.809. The third-order valence-electron chi connectivity index (χ3n) is 4.24. The minimum Gasteiger partial charge on any atom is -0.478 e. The van der Waals surface area contributed by atoms with Gasteiger partial charge in [-0.05, 0) is 49.4 Å². The molecule has 0 saturated heterocycles. The fourth-order valence-corrected chi connectivity index (χ4v) is 2.51. The number of aromatic carboxylic acids is 1. The number of carboxylic acid groups (broad SMARTS) is 1. The van der Waals surface area contributed by atoms with Crippen LogP contribution in [0, 0.1) is 0 Å². The average Bonchev–Trinajstić information content (AvgIpc) is 2.59. The average molecular weight is 340 g/mol. The second-order valence-corrected chi connectivity index (χ2v) is 6.06. The molecule has 1 aromatic carbocycles. The van der Waals surface area contributed by atoms with Crippen molar-refractivity contribution >= 4 is 11.9 Å². The van der Waals surface area contributed by atoms with Crippen molar-refractivity contribution in [1.82, 2.24) is 10.3 Å². The van der Waals surface area contributed by atoms with E-state index in [1.54, 1.807) is 42.6 Å². The lowest BCUT2D eigenvalue weighted by atomic mass is 9.96. The van der Waals surface area contributed by atoms with E-state index >= 15 is 0 Å². The van der Waals surface area contributed by atoms with Crippen LogP contribution in [0.2, 0.25) is 0 Å². The van der Waals surface area contributed by atoms with Gasteiger partial charge in [0, 0.05) is 24.4 Å². The minimum atomic E-state index is -0.947. The van der Waals surface area contributed by atoms with Gasteiger partial charge in [-0.15, -0.1) is 0 Å². The standard InChI is InChI=1S/C19H20N2O4/c22-18(15-9-11-20-17(12-15)25-16-2-1-3-16)21-10-8-13-4-6-14(7-5-13)19(23)24/h4-7,9,11-12,16H,1-3,8,10H2,(H,21,22)(H,23,24). The summed E-state index contributed by atoms with van der Waals surface area (Å²) in [7, 11) is 0. The Hall–Kier alpha value is -2.89. The Morgan fingerprint density at radius 1 is 1.16 bits per heavy atom. The predicted octanol–water partition coefficient (Wildman–Crippen LogP) is 2.68. The molecule has 1 aliphatic rings. The summed E-state index contributed by atoms with van der Waals surface area (Å²) < 4.78 is 5.71. The molecule has 0 spiro atoms. The summed E-state index contributed by atoms with van der Waals surface area (Å²) in [6.07, 6.45) is 5.69. The maximum Gasteiger partial charge on any atom is 0.335 e. The lowest BCUT2D eigenvalue weighted by Crippen LogP contribution is -2.27. The van der Waals surface area contributed by atoms with Gasteiger partial charge in [-0.25, -0.2) is 9.78 Å². The van der Waals surface area contributed by atoms with Gasteiger partial charge in [0.2, 0.25) is 5.88 Å². The lowest BCUT2D eigenvalue weighted by molar-refractivity contribution is 0.0696. The molecule has 1 aliphatic carbocycles. The first-order valence-corrected chi connectivity index (χ1v) is 8.35. The van der Waals surface area contributed by atoms with E-state index in [-0.39, 0.29) is 17.6 Å². The van der Waals surface area contributed by atoms with E-state index in [4.69, 9.17) is 9.84 Å². The highest BCUT2D eigenvalue weighted by Crippen LogP contribution is 2.24. The van der Waals surface area contributed by atoms with Gasteiger partial charge >= 0.3 is 5.97 Å². The molecular formula is C19H20N2O4. The van der Waals surface area contributed by atoms with Crippen molar-refractivity contribution in [2.24, 2.45) is 0 Å². The zero-order chi connectivity index (χ0) is 17.6. The number of nitrogens with one attached hydrogen (secondary N) is 1. The molecule has 6 heteroatoms. The van der Waals surface area contributed by atoms with Gasteiger partial charge in [0.15, 0.2) is 0 Å². The summed E-state index contributed by atoms with van der Waals surface area (Å²) in [5, 5.41) is 11.7. The zero-order valence-electron chi connectivity index (χ0n) is 13.8. The van der Waals surface area contributed by atoms with Crippen LogP contribution in [-0.2, 0) is 6.42 Å². The molecule has 0 atom stereocenters. The molecule has 1 heterocycles. The van der Waals surface area contributed by atoms with Crippen molar-refractivity contribution in [2.45, 2.75) is 31.8 Å². The monoisotopic (exact) mass is 340 g/mol. The number of benzene rings is 1. The van der Waals surface area contributed by atoms with Gasteiger partial charge in [-0.1, -0.05) is 12.1 Å². The number of rotatable bonds is 7. The smallest absolute Gasteiger partial charge is 0.335 e. The Bertz CT molecular complexity index is 754. The number of pyridine rings is 1. The maximum atomic E-state index is 12.2. The van der Waals surface area contributed by atoms with Crippen LogP contribution in [0.5, 0.6) is 5.88 Å². The van der Waals surface area contributed by atoms with E-state index in [1.165, 1.54) is 6.42 Å². The van der Waals surface area contributed by atoms with E-state index in [0.717, 1.165) is 18.4 Å². The zero-order valence-corrected chi connectivity index (χ0v) is 13.8. The molecule has 1 saturated carbocycles. The number of hydrogen-bond donors (Lipinski definition) is 2. The topological polar surface area (TPSA) is 88.5 Å². The van der Waals surface area contributed by atoms with E-state index in [9.17, 15) is 9.59 Å². The molecule has 1 aromatic heterocycles. The Kier molecular flexibility index (Phi) is 5.28.